The molecule has 0 aromatic carbocycles. The van der Waals surface area contributed by atoms with E-state index in [4.69, 9.17) is 25.2 Å². The fourth-order valence-corrected chi connectivity index (χ4v) is 7.29. The molecule has 5 amide bonds. The number of hydrogen-bond donors (Lipinski definition) is 9. The Morgan fingerprint density at radius 3 is 1.60 bits per heavy atom. The first-order valence-corrected chi connectivity index (χ1v) is 27.1. The number of esters is 1. The van der Waals surface area contributed by atoms with E-state index >= 15 is 0 Å². The first-order chi connectivity index (χ1) is 23.9. The predicted molar refractivity (Wildman–Crippen MR) is 192 cm³/mol. The first-order valence-electron chi connectivity index (χ1n) is 15.4. The molecule has 1 heterocycles. The third-order valence-corrected chi connectivity index (χ3v) is 11.2. The van der Waals surface area contributed by atoms with Gasteiger partial charge in [0.25, 0.3) is 0 Å². The smallest absolute Gasteiger partial charge is 1.00 e. The van der Waals surface area contributed by atoms with Gasteiger partial charge >= 0.3 is 325 Å². The van der Waals surface area contributed by atoms with Gasteiger partial charge in [0.1, 0.15) is 0 Å². The molecule has 0 aromatic rings. The third-order valence-electron chi connectivity index (χ3n) is 5.84. The van der Waals surface area contributed by atoms with Crippen molar-refractivity contribution in [3.8, 4) is 0 Å². The van der Waals surface area contributed by atoms with Crippen molar-refractivity contribution in [2.75, 3.05) is 0 Å². The van der Waals surface area contributed by atoms with E-state index in [2.05, 4.69) is 33.3 Å². The molecular formula is C29H54ClN5O13Se4. The summed E-state index contributed by atoms with van der Waals surface area (Å²) in [6.45, 7) is 3.71. The summed E-state index contributed by atoms with van der Waals surface area (Å²) in [5, 5.41) is 46.6. The molecule has 0 aromatic heterocycles. The Bertz CT molecular complexity index is 1100. The fraction of sp³-hybridized carbons (Fsp3) is 0.724. The normalized spacial score (nSPS) is 14.3. The van der Waals surface area contributed by atoms with Gasteiger partial charge in [0.2, 0.25) is 0 Å². The summed E-state index contributed by atoms with van der Waals surface area (Å²) in [6.07, 6.45) is 0.630. The summed E-state index contributed by atoms with van der Waals surface area (Å²) in [6, 6.07) is -2.66. The minimum atomic E-state index is -1.29. The molecular weight excluding hydrogens is 978 g/mol. The summed E-state index contributed by atoms with van der Waals surface area (Å²) in [5.41, 5.74) is 3.76. The van der Waals surface area contributed by atoms with Crippen LogP contribution < -0.4 is 39.4 Å². The monoisotopic (exact) mass is 1040 g/mol. The molecule has 304 valence electrons. The van der Waals surface area contributed by atoms with Gasteiger partial charge in [-0.25, -0.2) is 0 Å². The van der Waals surface area contributed by atoms with Gasteiger partial charge in [-0.1, -0.05) is 0 Å². The number of rotatable bonds is 21. The second-order valence-corrected chi connectivity index (χ2v) is 18.8. The van der Waals surface area contributed by atoms with Gasteiger partial charge in [-0.15, -0.1) is 0 Å². The number of nitrogens with one attached hydrogen (secondary N) is 4. The zero-order chi connectivity index (χ0) is 39.9. The van der Waals surface area contributed by atoms with Gasteiger partial charge < -0.3 is 12.4 Å². The summed E-state index contributed by atoms with van der Waals surface area (Å²) >= 11 is 1.95. The topological polar surface area (TPSA) is 302 Å². The number of carbonyl (C=O) groups excluding carboxylic acids is 4. The van der Waals surface area contributed by atoms with E-state index in [0.717, 1.165) is 34.1 Å². The van der Waals surface area contributed by atoms with Gasteiger partial charge in [-0.2, -0.15) is 0 Å². The van der Waals surface area contributed by atoms with Crippen LogP contribution in [0.15, 0.2) is 0 Å². The van der Waals surface area contributed by atoms with Crippen molar-refractivity contribution in [2.45, 2.75) is 127 Å². The van der Waals surface area contributed by atoms with Crippen LogP contribution in [0, 0.1) is 0 Å². The van der Waals surface area contributed by atoms with Crippen LogP contribution in [-0.2, 0) is 33.5 Å². The van der Waals surface area contributed by atoms with Crippen LogP contribution in [0.3, 0.4) is 0 Å². The third kappa shape index (κ3) is 34.9. The number of amides is 5. The Kier molecular flexibility index (Phi) is 39.1. The van der Waals surface area contributed by atoms with Crippen LogP contribution in [0.4, 0.5) is 9.59 Å². The van der Waals surface area contributed by atoms with Crippen molar-refractivity contribution in [2.24, 2.45) is 0 Å². The van der Waals surface area contributed by atoms with Crippen LogP contribution in [0.25, 0.3) is 0 Å². The molecule has 1 fully saturated rings. The van der Waals surface area contributed by atoms with Gasteiger partial charge in [0.15, 0.2) is 0 Å². The molecule has 23 heteroatoms. The summed E-state index contributed by atoms with van der Waals surface area (Å²) in [5.74, 6) is 4.11. The van der Waals surface area contributed by atoms with Crippen LogP contribution in [0.1, 0.15) is 52.4 Å². The van der Waals surface area contributed by atoms with E-state index in [0.29, 0.717) is 72.7 Å². The van der Waals surface area contributed by atoms with Crippen molar-refractivity contribution in [1.82, 2.24) is 21.3 Å². The summed E-state index contributed by atoms with van der Waals surface area (Å²) < 4.78 is 5.01. The quantitative estimate of drug-likeness (QED) is 0.0318. The molecule has 0 bridgehead atoms. The number of carbonyl (C=O) groups is 8. The minimum Gasteiger partial charge on any atom is -1.00 e. The van der Waals surface area contributed by atoms with Crippen molar-refractivity contribution in [1.29, 1.82) is 0 Å². The summed E-state index contributed by atoms with van der Waals surface area (Å²) in [4.78, 5) is 85.4. The molecule has 1 saturated heterocycles. The molecule has 0 aliphatic carbocycles. The molecule has 1 aliphatic rings. The van der Waals surface area contributed by atoms with Gasteiger partial charge in [-0.3, -0.25) is 0 Å². The molecule has 0 saturated carbocycles. The Balaban J connectivity index is -0.000000296. The number of carboxylic acid groups (broad SMARTS) is 4. The van der Waals surface area contributed by atoms with Gasteiger partial charge in [0, 0.05) is 0 Å². The predicted octanol–water partition coefficient (Wildman–Crippen LogP) is -2.88. The number of carboxylic acids is 3. The Morgan fingerprint density at radius 2 is 1.23 bits per heavy atom. The van der Waals surface area contributed by atoms with Crippen LogP contribution in [0.5, 0.6) is 0 Å². The van der Waals surface area contributed by atoms with E-state index in [1.165, 1.54) is 0 Å². The fourth-order valence-electron chi connectivity index (χ4n) is 3.23. The number of hydrogen-bond acceptors (Lipinski definition) is 9. The maximum absolute atomic E-state index is 11.2. The molecule has 1 rings (SSSR count). The Labute approximate surface area is 335 Å². The maximum Gasteiger partial charge on any atom is -1.00 e. The summed E-state index contributed by atoms with van der Waals surface area (Å²) in [7, 11) is 0. The molecule has 0 unspecified atom stereocenters. The molecule has 11 N–H and O–H groups in total. The average Bonchev–Trinajstić information content (AvgIpc) is 3.37. The molecule has 0 spiro atoms. The number of quaternary nitrogens is 1. The van der Waals surface area contributed by atoms with Crippen molar-refractivity contribution < 1.29 is 81.7 Å². The van der Waals surface area contributed by atoms with Crippen LogP contribution in [-0.4, -0.2) is 158 Å². The van der Waals surface area contributed by atoms with E-state index in [-0.39, 0.29) is 61.3 Å². The zero-order valence-electron chi connectivity index (χ0n) is 30.1. The molecule has 0 radical (unpaired) electrons. The zero-order valence-corrected chi connectivity index (χ0v) is 37.7. The Morgan fingerprint density at radius 1 is 0.769 bits per heavy atom. The first kappa shape index (κ1) is 56.6. The second kappa shape index (κ2) is 35.9. The van der Waals surface area contributed by atoms with Gasteiger partial charge in [0.05, 0.1) is 0 Å². The van der Waals surface area contributed by atoms with Crippen molar-refractivity contribution in [3.05, 3.63) is 0 Å². The number of aliphatic carboxylic acids is 3. The number of halogens is 1. The van der Waals surface area contributed by atoms with Crippen molar-refractivity contribution >= 4 is 108 Å². The molecule has 18 nitrogen and oxygen atoms in total. The van der Waals surface area contributed by atoms with Crippen LogP contribution >= 0.6 is 0 Å². The second-order valence-electron chi connectivity index (χ2n) is 10.5. The van der Waals surface area contributed by atoms with E-state index < -0.39 is 42.0 Å². The minimum absolute atomic E-state index is 0. The van der Waals surface area contributed by atoms with E-state index in [1.54, 1.807) is 0 Å². The molecule has 4 atom stereocenters. The Hall–Kier alpha value is -2.11. The molecule has 52 heavy (non-hydrogen) atoms. The van der Waals surface area contributed by atoms with Crippen molar-refractivity contribution in [3.63, 3.8) is 0 Å². The van der Waals surface area contributed by atoms with E-state index in [9.17, 15) is 38.4 Å². The largest absolute Gasteiger partial charge is 1.00 e. The number of urea groups is 1. The van der Waals surface area contributed by atoms with Crippen LogP contribution in [0.2, 0.25) is 44.6 Å². The SMILES string of the molecule is C[Se]CC[C@@H]1NC(=O)NC1=O.C[Se]CC[C@H](NC(=O)CCC(=O)O)C(=O)O.C[Se]CC[C@H](NC(=O)O)C(=O)O.C[Se]CC[C@H]([NH3+])C(=O)OC(C)C.[Cl-]. The number of imide groups is 1. The van der Waals surface area contributed by atoms with Gasteiger partial charge in [-0.05, 0) is 0 Å². The molecule has 1 aliphatic heterocycles. The standard InChI is InChI=1S/C9H15NO5Se.C8H17NO2Se.C6H10N2O2Se.C6H11NO4Se.ClH/c1-16-5-4-6(9(14)15)10-7(11)2-3-8(12)13;1-6(2)11-8(10)7(9)4-5-12-3;1-11-3-2-4-5(9)8-6(10)7-4;1-12-3-2-4(5(8)9)7-6(10)11;/h6H,2-5H2,1H3,(H,10,11)(H,12,13)(H,14,15);6-7H,4-5,9H2,1-3H3;4H,2-3H2,1H3,(H2,7,8,9,10);4,7H,2-3H2,1H3,(H,8,9)(H,10,11);1H/t6-;7-;2*4-;/m0000./s1. The maximum atomic E-state index is 11.2. The van der Waals surface area contributed by atoms with E-state index in [1.807, 2.05) is 30.8 Å². The number of ether oxygens (including phenoxy) is 1. The average molecular weight is 1030 g/mol.